The zero-order valence-corrected chi connectivity index (χ0v) is 14.2. The molecule has 3 aromatic rings. The van der Waals surface area contributed by atoms with Crippen LogP contribution in [0.1, 0.15) is 5.82 Å². The molecule has 1 aromatic heterocycles. The molecular formula is C17H17FN6O2. The molecule has 0 unspecified atom stereocenters. The Labute approximate surface area is 149 Å². The summed E-state index contributed by atoms with van der Waals surface area (Å²) in [6.45, 7) is 1.68. The van der Waals surface area contributed by atoms with E-state index in [1.165, 1.54) is 22.9 Å². The van der Waals surface area contributed by atoms with Gasteiger partial charge in [0.05, 0.1) is 19.3 Å². The van der Waals surface area contributed by atoms with E-state index in [0.29, 0.717) is 22.9 Å². The van der Waals surface area contributed by atoms with Crippen LogP contribution in [0, 0.1) is 12.7 Å². The Kier molecular flexibility index (Phi) is 5.07. The fourth-order valence-corrected chi connectivity index (χ4v) is 2.38. The third-order valence-electron chi connectivity index (χ3n) is 3.63. The third-order valence-corrected chi connectivity index (χ3v) is 3.63. The lowest BCUT2D eigenvalue weighted by molar-refractivity contribution is -0.114. The van der Waals surface area contributed by atoms with Crippen molar-refractivity contribution in [2.75, 3.05) is 24.3 Å². The molecule has 0 aliphatic heterocycles. The molecule has 26 heavy (non-hydrogen) atoms. The average Bonchev–Trinajstić information content (AvgIpc) is 3.07. The van der Waals surface area contributed by atoms with Crippen LogP contribution in [0.3, 0.4) is 0 Å². The molecule has 1 amide bonds. The molecule has 0 radical (unpaired) electrons. The van der Waals surface area contributed by atoms with Crippen LogP contribution in [-0.4, -0.2) is 39.8 Å². The second kappa shape index (κ2) is 7.60. The summed E-state index contributed by atoms with van der Waals surface area (Å²) < 4.78 is 20.5. The molecular weight excluding hydrogens is 339 g/mol. The summed E-state index contributed by atoms with van der Waals surface area (Å²) in [5.41, 5.74) is 1.29. The molecule has 0 atom stereocenters. The lowest BCUT2D eigenvalue weighted by Crippen LogP contribution is -2.22. The van der Waals surface area contributed by atoms with Gasteiger partial charge >= 0.3 is 0 Å². The molecule has 8 nitrogen and oxygen atoms in total. The highest BCUT2D eigenvalue weighted by atomic mass is 19.1. The largest absolute Gasteiger partial charge is 0.495 e. The smallest absolute Gasteiger partial charge is 0.243 e. The minimum absolute atomic E-state index is 0.0248. The summed E-state index contributed by atoms with van der Waals surface area (Å²) in [5, 5.41) is 16.7. The predicted molar refractivity (Wildman–Crippen MR) is 94.0 cm³/mol. The number of halogens is 1. The average molecular weight is 356 g/mol. The Bertz CT molecular complexity index is 927. The molecule has 0 fully saturated rings. The Hall–Kier alpha value is -3.49. The van der Waals surface area contributed by atoms with Crippen LogP contribution in [0.25, 0.3) is 5.69 Å². The van der Waals surface area contributed by atoms with E-state index in [1.54, 1.807) is 20.1 Å². The SMILES string of the molecule is COc1ccccc1NCC(=O)Nc1ccc(F)c(-n2nnnc2C)c1. The zero-order chi connectivity index (χ0) is 18.5. The highest BCUT2D eigenvalue weighted by Gasteiger charge is 2.12. The normalized spacial score (nSPS) is 10.4. The van der Waals surface area contributed by atoms with Crippen molar-refractivity contribution in [3.05, 3.63) is 54.1 Å². The molecule has 134 valence electrons. The van der Waals surface area contributed by atoms with Gasteiger partial charge in [-0.15, -0.1) is 5.10 Å². The van der Waals surface area contributed by atoms with Gasteiger partial charge in [0.2, 0.25) is 5.91 Å². The fraction of sp³-hybridized carbons (Fsp3) is 0.176. The minimum atomic E-state index is -0.495. The van der Waals surface area contributed by atoms with Crippen molar-refractivity contribution in [3.8, 4) is 11.4 Å². The summed E-state index contributed by atoms with van der Waals surface area (Å²) >= 11 is 0. The van der Waals surface area contributed by atoms with Gasteiger partial charge in [-0.1, -0.05) is 12.1 Å². The predicted octanol–water partition coefficient (Wildman–Crippen LogP) is 2.17. The molecule has 0 saturated heterocycles. The van der Waals surface area contributed by atoms with Crippen molar-refractivity contribution in [1.29, 1.82) is 0 Å². The first-order valence-corrected chi connectivity index (χ1v) is 7.80. The number of aromatic nitrogens is 4. The first-order chi connectivity index (χ1) is 12.6. The number of methoxy groups -OCH3 is 1. The van der Waals surface area contributed by atoms with E-state index in [9.17, 15) is 9.18 Å². The number of carbonyl (C=O) groups is 1. The van der Waals surface area contributed by atoms with E-state index < -0.39 is 5.82 Å². The number of nitrogens with zero attached hydrogens (tertiary/aromatic N) is 4. The van der Waals surface area contributed by atoms with E-state index >= 15 is 0 Å². The molecule has 3 rings (SSSR count). The Balaban J connectivity index is 1.69. The summed E-state index contributed by atoms with van der Waals surface area (Å²) in [6, 6.07) is 11.5. The minimum Gasteiger partial charge on any atom is -0.495 e. The van der Waals surface area contributed by atoms with Crippen LogP contribution < -0.4 is 15.4 Å². The maximum atomic E-state index is 14.0. The Morgan fingerprint density at radius 1 is 1.27 bits per heavy atom. The Morgan fingerprint density at radius 3 is 2.81 bits per heavy atom. The number of nitrogens with one attached hydrogen (secondary N) is 2. The molecule has 1 heterocycles. The number of aryl methyl sites for hydroxylation is 1. The summed E-state index contributed by atoms with van der Waals surface area (Å²) in [5.74, 6) is 0.288. The van der Waals surface area contributed by atoms with Gasteiger partial charge in [0.15, 0.2) is 5.82 Å². The van der Waals surface area contributed by atoms with E-state index in [0.717, 1.165) is 0 Å². The van der Waals surface area contributed by atoms with E-state index in [2.05, 4.69) is 26.2 Å². The van der Waals surface area contributed by atoms with Crippen molar-refractivity contribution in [2.24, 2.45) is 0 Å². The number of hydrogen-bond donors (Lipinski definition) is 2. The van der Waals surface area contributed by atoms with Crippen molar-refractivity contribution < 1.29 is 13.9 Å². The molecule has 9 heteroatoms. The lowest BCUT2D eigenvalue weighted by atomic mass is 10.2. The lowest BCUT2D eigenvalue weighted by Gasteiger charge is -2.12. The second-order valence-electron chi connectivity index (χ2n) is 5.41. The third kappa shape index (κ3) is 3.77. The van der Waals surface area contributed by atoms with Crippen LogP contribution in [0.4, 0.5) is 15.8 Å². The van der Waals surface area contributed by atoms with Gasteiger partial charge in [0, 0.05) is 5.69 Å². The van der Waals surface area contributed by atoms with Gasteiger partial charge in [-0.2, -0.15) is 4.68 Å². The number of para-hydroxylation sites is 2. The molecule has 0 bridgehead atoms. The number of anilines is 2. The van der Waals surface area contributed by atoms with Gasteiger partial charge in [0.25, 0.3) is 0 Å². The number of ether oxygens (including phenoxy) is 1. The number of benzene rings is 2. The number of amides is 1. The first-order valence-electron chi connectivity index (χ1n) is 7.80. The highest BCUT2D eigenvalue weighted by Crippen LogP contribution is 2.23. The van der Waals surface area contributed by atoms with Crippen molar-refractivity contribution in [3.63, 3.8) is 0 Å². The standard InChI is InChI=1S/C17H17FN6O2/c1-11-21-22-23-24(11)15-9-12(7-8-13(15)18)20-17(25)10-19-14-5-3-4-6-16(14)26-2/h3-9,19H,10H2,1-2H3,(H,20,25). The number of tetrazole rings is 1. The van der Waals surface area contributed by atoms with Gasteiger partial charge in [-0.05, 0) is 47.7 Å². The van der Waals surface area contributed by atoms with Gasteiger partial charge in [0.1, 0.15) is 17.3 Å². The van der Waals surface area contributed by atoms with Gasteiger partial charge in [-0.25, -0.2) is 4.39 Å². The molecule has 0 aliphatic rings. The molecule has 0 spiro atoms. The summed E-state index contributed by atoms with van der Waals surface area (Å²) in [4.78, 5) is 12.2. The number of rotatable bonds is 6. The molecule has 2 N–H and O–H groups in total. The van der Waals surface area contributed by atoms with Crippen LogP contribution in [0.2, 0.25) is 0 Å². The van der Waals surface area contributed by atoms with E-state index in [4.69, 9.17) is 4.74 Å². The first kappa shape index (κ1) is 17.3. The monoisotopic (exact) mass is 356 g/mol. The second-order valence-corrected chi connectivity index (χ2v) is 5.41. The van der Waals surface area contributed by atoms with Gasteiger partial charge in [-0.3, -0.25) is 4.79 Å². The summed E-state index contributed by atoms with van der Waals surface area (Å²) in [7, 11) is 1.56. The van der Waals surface area contributed by atoms with Crippen LogP contribution in [-0.2, 0) is 4.79 Å². The van der Waals surface area contributed by atoms with Gasteiger partial charge < -0.3 is 15.4 Å². The topological polar surface area (TPSA) is 94.0 Å². The van der Waals surface area contributed by atoms with E-state index in [-0.39, 0.29) is 18.1 Å². The maximum absolute atomic E-state index is 14.0. The summed E-state index contributed by atoms with van der Waals surface area (Å²) in [6.07, 6.45) is 0. The van der Waals surface area contributed by atoms with E-state index in [1.807, 2.05) is 18.2 Å². The van der Waals surface area contributed by atoms with Crippen LogP contribution in [0.15, 0.2) is 42.5 Å². The van der Waals surface area contributed by atoms with Crippen molar-refractivity contribution in [2.45, 2.75) is 6.92 Å². The molecule has 0 saturated carbocycles. The highest BCUT2D eigenvalue weighted by molar-refractivity contribution is 5.94. The van der Waals surface area contributed by atoms with Crippen LogP contribution in [0.5, 0.6) is 5.75 Å². The quantitative estimate of drug-likeness (QED) is 0.703. The maximum Gasteiger partial charge on any atom is 0.243 e. The van der Waals surface area contributed by atoms with Crippen LogP contribution >= 0.6 is 0 Å². The molecule has 2 aromatic carbocycles. The Morgan fingerprint density at radius 2 is 2.08 bits per heavy atom. The fourth-order valence-electron chi connectivity index (χ4n) is 2.38. The van der Waals surface area contributed by atoms with Crippen molar-refractivity contribution in [1.82, 2.24) is 20.2 Å². The number of hydrogen-bond acceptors (Lipinski definition) is 6. The zero-order valence-electron chi connectivity index (χ0n) is 14.2. The molecule has 0 aliphatic carbocycles. The number of carbonyl (C=O) groups excluding carboxylic acids is 1. The van der Waals surface area contributed by atoms with Crippen molar-refractivity contribution >= 4 is 17.3 Å².